The second-order valence-corrected chi connectivity index (χ2v) is 7.88. The van der Waals surface area contributed by atoms with E-state index < -0.39 is 0 Å². The van der Waals surface area contributed by atoms with Gasteiger partial charge in [0.05, 0.1) is 22.9 Å². The van der Waals surface area contributed by atoms with Gasteiger partial charge in [0.2, 0.25) is 0 Å². The number of hydrogen-bond donors (Lipinski definition) is 1. The minimum absolute atomic E-state index is 0.137. The van der Waals surface area contributed by atoms with Crippen molar-refractivity contribution in [3.63, 3.8) is 0 Å². The van der Waals surface area contributed by atoms with E-state index in [1.54, 1.807) is 29.2 Å². The molecule has 0 spiro atoms. The second kappa shape index (κ2) is 7.78. The number of carbonyl (C=O) groups excluding carboxylic acids is 1. The molecule has 0 radical (unpaired) electrons. The first-order valence-corrected chi connectivity index (χ1v) is 9.84. The summed E-state index contributed by atoms with van der Waals surface area (Å²) in [5.74, 6) is -0.710. The van der Waals surface area contributed by atoms with Gasteiger partial charge in [-0.15, -0.1) is 11.3 Å². The molecular formula is C19H14BrFN4O2S. The van der Waals surface area contributed by atoms with Crippen LogP contribution in [0.25, 0.3) is 15.8 Å². The zero-order valence-corrected chi connectivity index (χ0v) is 17.1. The summed E-state index contributed by atoms with van der Waals surface area (Å²) in [5, 5.41) is 7.45. The van der Waals surface area contributed by atoms with Crippen molar-refractivity contribution in [2.45, 2.75) is 6.61 Å². The minimum Gasteiger partial charge on any atom is -0.380 e. The lowest BCUT2D eigenvalue weighted by atomic mass is 10.1. The van der Waals surface area contributed by atoms with Crippen molar-refractivity contribution in [3.8, 4) is 5.69 Å². The van der Waals surface area contributed by atoms with Crippen LogP contribution in [0.15, 0.2) is 53.5 Å². The molecule has 4 aromatic rings. The number of thiophene rings is 1. The fraction of sp³-hybridized carbons (Fsp3) is 0.105. The Morgan fingerprint density at radius 1 is 1.36 bits per heavy atom. The lowest BCUT2D eigenvalue weighted by Crippen LogP contribution is -2.14. The number of amides is 1. The van der Waals surface area contributed by atoms with E-state index in [2.05, 4.69) is 31.3 Å². The van der Waals surface area contributed by atoms with Crippen LogP contribution in [0.5, 0.6) is 0 Å². The topological polar surface area (TPSA) is 69.0 Å². The minimum atomic E-state index is -0.370. The normalized spacial score (nSPS) is 11.1. The number of aromatic nitrogens is 3. The number of rotatable bonds is 5. The van der Waals surface area contributed by atoms with E-state index in [-0.39, 0.29) is 18.3 Å². The number of fused-ring (bicyclic) bond motifs is 1. The Morgan fingerprint density at radius 2 is 2.21 bits per heavy atom. The fourth-order valence-electron chi connectivity index (χ4n) is 2.95. The molecule has 9 heteroatoms. The summed E-state index contributed by atoms with van der Waals surface area (Å²) in [6, 6.07) is 10.2. The zero-order valence-electron chi connectivity index (χ0n) is 14.6. The van der Waals surface area contributed by atoms with E-state index in [9.17, 15) is 9.18 Å². The molecule has 1 N–H and O–H groups in total. The molecule has 0 aliphatic rings. The molecule has 0 saturated carbocycles. The highest BCUT2D eigenvalue weighted by Gasteiger charge is 2.22. The van der Waals surface area contributed by atoms with E-state index in [0.717, 1.165) is 4.47 Å². The fourth-order valence-corrected chi connectivity index (χ4v) is 4.43. The second-order valence-electron chi connectivity index (χ2n) is 5.91. The zero-order chi connectivity index (χ0) is 19.7. The Labute approximate surface area is 172 Å². The first kappa shape index (κ1) is 18.7. The third kappa shape index (κ3) is 3.44. The summed E-state index contributed by atoms with van der Waals surface area (Å²) in [4.78, 5) is 17.4. The number of nitrogens with zero attached hydrogens (tertiary/aromatic N) is 3. The first-order valence-electron chi connectivity index (χ1n) is 8.23. The summed E-state index contributed by atoms with van der Waals surface area (Å²) in [6.07, 6.45) is 2.96. The smallest absolute Gasteiger partial charge is 0.266 e. The quantitative estimate of drug-likeness (QED) is 0.465. The Bertz CT molecular complexity index is 1160. The van der Waals surface area contributed by atoms with Crippen molar-refractivity contribution in [1.82, 2.24) is 14.8 Å². The van der Waals surface area contributed by atoms with Crippen molar-refractivity contribution in [3.05, 3.63) is 69.8 Å². The molecule has 0 aliphatic carbocycles. The van der Waals surface area contributed by atoms with Crippen LogP contribution in [0.4, 0.5) is 10.1 Å². The lowest BCUT2D eigenvalue weighted by molar-refractivity contribution is 0.102. The first-order chi connectivity index (χ1) is 13.6. The van der Waals surface area contributed by atoms with Crippen LogP contribution in [0, 0.1) is 5.82 Å². The SMILES string of the molecule is COCc1c(C(=O)Nc2cc(Br)ccc2-n2cncn2)sc2cccc(F)c12. The van der Waals surface area contributed by atoms with Crippen LogP contribution in [0.2, 0.25) is 0 Å². The Balaban J connectivity index is 1.77. The summed E-state index contributed by atoms with van der Waals surface area (Å²) >= 11 is 4.65. The molecule has 142 valence electrons. The van der Waals surface area contributed by atoms with E-state index in [1.807, 2.05) is 12.1 Å². The highest BCUT2D eigenvalue weighted by atomic mass is 79.9. The van der Waals surface area contributed by atoms with Crippen LogP contribution in [-0.4, -0.2) is 27.8 Å². The van der Waals surface area contributed by atoms with E-state index in [0.29, 0.717) is 31.9 Å². The van der Waals surface area contributed by atoms with E-state index in [1.165, 1.54) is 30.8 Å². The molecule has 0 fully saturated rings. The highest BCUT2D eigenvalue weighted by molar-refractivity contribution is 9.10. The number of ether oxygens (including phenoxy) is 1. The van der Waals surface area contributed by atoms with Gasteiger partial charge >= 0.3 is 0 Å². The summed E-state index contributed by atoms with van der Waals surface area (Å²) in [5.41, 5.74) is 1.75. The molecule has 28 heavy (non-hydrogen) atoms. The molecule has 2 heterocycles. The van der Waals surface area contributed by atoms with Crippen molar-refractivity contribution < 1.29 is 13.9 Å². The lowest BCUT2D eigenvalue weighted by Gasteiger charge is -2.12. The summed E-state index contributed by atoms with van der Waals surface area (Å²) in [6.45, 7) is 0.137. The average Bonchev–Trinajstić information content (AvgIpc) is 3.31. The molecule has 0 unspecified atom stereocenters. The molecule has 0 aliphatic heterocycles. The molecule has 0 atom stereocenters. The summed E-state index contributed by atoms with van der Waals surface area (Å²) < 4.78 is 22.6. The predicted molar refractivity (Wildman–Crippen MR) is 110 cm³/mol. The Morgan fingerprint density at radius 3 is 2.96 bits per heavy atom. The molecule has 4 rings (SSSR count). The van der Waals surface area contributed by atoms with Gasteiger partial charge < -0.3 is 10.1 Å². The number of methoxy groups -OCH3 is 1. The van der Waals surface area contributed by atoms with Crippen molar-refractivity contribution >= 4 is 48.9 Å². The van der Waals surface area contributed by atoms with Crippen LogP contribution < -0.4 is 5.32 Å². The maximum atomic E-state index is 14.4. The maximum Gasteiger partial charge on any atom is 0.266 e. The molecular weight excluding hydrogens is 447 g/mol. The van der Waals surface area contributed by atoms with Crippen LogP contribution >= 0.6 is 27.3 Å². The van der Waals surface area contributed by atoms with Gasteiger partial charge in [0, 0.05) is 27.2 Å². The van der Waals surface area contributed by atoms with Crippen molar-refractivity contribution in [2.24, 2.45) is 0 Å². The van der Waals surface area contributed by atoms with Gasteiger partial charge in [0.15, 0.2) is 0 Å². The molecule has 2 aromatic carbocycles. The number of anilines is 1. The molecule has 0 bridgehead atoms. The average molecular weight is 461 g/mol. The number of carbonyl (C=O) groups is 1. The third-order valence-corrected chi connectivity index (χ3v) is 5.82. The number of hydrogen-bond acceptors (Lipinski definition) is 5. The number of halogens is 2. The van der Waals surface area contributed by atoms with Crippen molar-refractivity contribution in [1.29, 1.82) is 0 Å². The largest absolute Gasteiger partial charge is 0.380 e. The van der Waals surface area contributed by atoms with Gasteiger partial charge in [0.25, 0.3) is 5.91 Å². The van der Waals surface area contributed by atoms with Crippen LogP contribution in [0.3, 0.4) is 0 Å². The standard InChI is InChI=1S/C19H14BrFN4O2S/c1-27-8-12-17-13(21)3-2-4-16(17)28-18(12)19(26)24-14-7-11(20)5-6-15(14)25-10-22-9-23-25/h2-7,9-10H,8H2,1H3,(H,24,26). The van der Waals surface area contributed by atoms with E-state index >= 15 is 0 Å². The third-order valence-electron chi connectivity index (χ3n) is 4.13. The molecule has 0 saturated heterocycles. The van der Waals surface area contributed by atoms with Gasteiger partial charge in [-0.05, 0) is 30.3 Å². The van der Waals surface area contributed by atoms with Crippen LogP contribution in [0.1, 0.15) is 15.2 Å². The summed E-state index contributed by atoms with van der Waals surface area (Å²) in [7, 11) is 1.52. The van der Waals surface area contributed by atoms with Gasteiger partial charge in [-0.1, -0.05) is 22.0 Å². The maximum absolute atomic E-state index is 14.4. The van der Waals surface area contributed by atoms with Gasteiger partial charge in [-0.25, -0.2) is 14.1 Å². The Hall–Kier alpha value is -2.62. The van der Waals surface area contributed by atoms with Gasteiger partial charge in [0.1, 0.15) is 18.5 Å². The Kier molecular flexibility index (Phi) is 5.21. The van der Waals surface area contributed by atoms with E-state index in [4.69, 9.17) is 4.74 Å². The molecule has 1 amide bonds. The number of benzene rings is 2. The number of nitrogens with one attached hydrogen (secondary N) is 1. The van der Waals surface area contributed by atoms with Crippen molar-refractivity contribution in [2.75, 3.05) is 12.4 Å². The van der Waals surface area contributed by atoms with Crippen LogP contribution in [-0.2, 0) is 11.3 Å². The predicted octanol–water partition coefficient (Wildman–Crippen LogP) is 4.78. The highest BCUT2D eigenvalue weighted by Crippen LogP contribution is 2.35. The van der Waals surface area contributed by atoms with Gasteiger partial charge in [-0.2, -0.15) is 5.10 Å². The molecule has 6 nitrogen and oxygen atoms in total. The van der Waals surface area contributed by atoms with Gasteiger partial charge in [-0.3, -0.25) is 4.79 Å². The monoisotopic (exact) mass is 460 g/mol. The molecule has 2 aromatic heterocycles.